The summed E-state index contributed by atoms with van der Waals surface area (Å²) < 4.78 is 0. The first-order valence-corrected chi connectivity index (χ1v) is 2.69. The predicted molar refractivity (Wildman–Crippen MR) is 30.2 cm³/mol. The zero-order valence-corrected chi connectivity index (χ0v) is 18.2. The van der Waals surface area contributed by atoms with Gasteiger partial charge in [0, 0.05) is 40.8 Å². The second kappa shape index (κ2) is 7.39. The van der Waals surface area contributed by atoms with Gasteiger partial charge in [0.15, 0.2) is 0 Å². The minimum Gasteiger partial charge on any atom is -0.605 e. The van der Waals surface area contributed by atoms with Crippen molar-refractivity contribution in [3.8, 4) is 0 Å². The fourth-order valence-corrected chi connectivity index (χ4v) is 0.799. The van der Waals surface area contributed by atoms with Crippen LogP contribution in [0.2, 0.25) is 0 Å². The maximum absolute atomic E-state index is 2.22. The predicted octanol–water partition coefficient (Wildman–Crippen LogP) is 1.42. The first-order valence-electron chi connectivity index (χ1n) is 2.69. The van der Waals surface area contributed by atoms with E-state index in [1.165, 1.54) is 18.9 Å². The van der Waals surface area contributed by atoms with Crippen LogP contribution in [0.3, 0.4) is 0 Å². The van der Waals surface area contributed by atoms with Crippen LogP contribution in [0, 0.1) is 12.6 Å². The van der Waals surface area contributed by atoms with Crippen LogP contribution in [0.5, 0.6) is 0 Å². The van der Waals surface area contributed by atoms with Gasteiger partial charge in [-0.15, -0.1) is 0 Å². The minimum atomic E-state index is 0. The Labute approximate surface area is 84.9 Å². The Morgan fingerprint density at radius 1 is 1.40 bits per heavy atom. The van der Waals surface area contributed by atoms with E-state index >= 15 is 0 Å². The van der Waals surface area contributed by atoms with E-state index in [9.17, 15) is 0 Å². The smallest absolute Gasteiger partial charge is 0 e. The Balaban J connectivity index is -0.000000163. The van der Waals surface area contributed by atoms with Gasteiger partial charge < -0.3 is 11.4 Å². The molecule has 2 radical (unpaired) electrons. The molecule has 1 heterocycles. The molecule has 0 saturated carbocycles. The molecule has 0 amide bonds. The van der Waals surface area contributed by atoms with E-state index in [1.54, 1.807) is 0 Å². The maximum Gasteiger partial charge on any atom is 0 e. The summed E-state index contributed by atoms with van der Waals surface area (Å²) in [5, 5.41) is 0. The molecule has 1 saturated heterocycles. The summed E-state index contributed by atoms with van der Waals surface area (Å²) in [7, 11) is 2.10. The molecule has 58 valence electrons. The molecule has 0 aromatic carbocycles. The molecule has 1 fully saturated rings. The Hall–Kier alpha value is 0.285. The maximum atomic E-state index is 2.22. The number of nitrogens with zero attached hydrogens (tertiary/aromatic N) is 1. The molecule has 0 atom stereocenters. The van der Waals surface area contributed by atoms with Crippen molar-refractivity contribution in [2.75, 3.05) is 7.05 Å². The third-order valence-electron chi connectivity index (χ3n) is 1.51. The molecular weight excluding hydrogens is 725 g/mol. The zero-order chi connectivity index (χ0) is 5.28. The van der Waals surface area contributed by atoms with Gasteiger partial charge in [-0.05, 0) is 0 Å². The van der Waals surface area contributed by atoms with Crippen molar-refractivity contribution in [2.24, 2.45) is 0 Å². The van der Waals surface area contributed by atoms with Crippen LogP contribution < -0.4 is 0 Å². The number of rotatable bonds is 0. The summed E-state index contributed by atoms with van der Waals surface area (Å²) in [5.74, 6) is 0. The van der Waals surface area contributed by atoms with Gasteiger partial charge in [0.2, 0.25) is 0 Å². The number of likely N-dealkylation sites (tertiary alicyclic amines) is 1. The van der Waals surface area contributed by atoms with Crippen LogP contribution in [0.1, 0.15) is 19.8 Å². The number of hydrogen-bond acceptors (Lipinski definition) is 1. The Morgan fingerprint density at radius 2 is 1.90 bits per heavy atom. The standard InChI is InChI=1S/C6H11N.2Re.Rf/c1-6-4-3-5-7(6)2;;;/h5H,3-4H2,1-2H3;;;/q-2;;;. The average molecular weight is 737 g/mol. The van der Waals surface area contributed by atoms with Crippen LogP contribution in [0.15, 0.2) is 0 Å². The molecule has 1 aliphatic heterocycles. The van der Waals surface area contributed by atoms with Gasteiger partial charge in [0.1, 0.15) is 0 Å². The van der Waals surface area contributed by atoms with Gasteiger partial charge in [-0.3, -0.25) is 6.04 Å². The van der Waals surface area contributed by atoms with E-state index in [0.29, 0.717) is 0 Å². The van der Waals surface area contributed by atoms with Crippen molar-refractivity contribution < 1.29 is 40.8 Å². The van der Waals surface area contributed by atoms with Crippen LogP contribution in [0.25, 0.3) is 0 Å². The average Bonchev–Trinajstić information content (AvgIpc) is 1.91. The molecule has 0 aromatic rings. The second-order valence-corrected chi connectivity index (χ2v) is 2.07. The van der Waals surface area contributed by atoms with Crippen molar-refractivity contribution in [2.45, 2.75) is 19.8 Å². The SMILES string of the molecule is C[C-]1CC[CH-]N1C.[Re].[Re].[Rf]. The van der Waals surface area contributed by atoms with Gasteiger partial charge >= 0.3 is 0 Å². The first kappa shape index (κ1) is 16.7. The molecule has 0 spiro atoms. The van der Waals surface area contributed by atoms with Crippen LogP contribution in [-0.4, -0.2) is 11.9 Å². The number of hydrogen-bond donors (Lipinski definition) is 0. The summed E-state index contributed by atoms with van der Waals surface area (Å²) in [5.41, 5.74) is 0. The third-order valence-corrected chi connectivity index (χ3v) is 1.51. The third kappa shape index (κ3) is 4.16. The summed E-state index contributed by atoms with van der Waals surface area (Å²) in [6.45, 7) is 4.39. The Morgan fingerprint density at radius 3 is 2.00 bits per heavy atom. The van der Waals surface area contributed by atoms with Crippen molar-refractivity contribution >= 4 is 0 Å². The fraction of sp³-hybridized carbons (Fsp3) is 0.667. The van der Waals surface area contributed by atoms with Crippen molar-refractivity contribution in [3.63, 3.8) is 0 Å². The van der Waals surface area contributed by atoms with E-state index in [4.69, 9.17) is 0 Å². The molecule has 0 aliphatic carbocycles. The van der Waals surface area contributed by atoms with Gasteiger partial charge in [0.05, 0.1) is 0 Å². The van der Waals surface area contributed by atoms with Crippen LogP contribution in [-0.2, 0) is 40.8 Å². The Bertz CT molecular complexity index is 64.8. The van der Waals surface area contributed by atoms with E-state index in [0.717, 1.165) is 0 Å². The largest absolute Gasteiger partial charge is 0.605 e. The first-order chi connectivity index (χ1) is 3.30. The molecule has 0 unspecified atom stereocenters. The molecule has 0 N–H and O–H groups in total. The topological polar surface area (TPSA) is 3.24 Å². The molecule has 1 aliphatic rings. The zero-order valence-electron chi connectivity index (χ0n) is 6.40. The molecule has 10 heavy (non-hydrogen) atoms. The van der Waals surface area contributed by atoms with E-state index in [1.807, 2.05) is 0 Å². The molecule has 1 nitrogen and oxygen atoms in total. The van der Waals surface area contributed by atoms with Crippen LogP contribution in [0.4, 0.5) is 0 Å². The summed E-state index contributed by atoms with van der Waals surface area (Å²) >= 11 is 0. The van der Waals surface area contributed by atoms with Crippen molar-refractivity contribution in [3.05, 3.63) is 12.6 Å². The molecule has 4 heteroatoms. The van der Waals surface area contributed by atoms with Gasteiger partial charge in [-0.2, -0.15) is 19.8 Å². The van der Waals surface area contributed by atoms with Gasteiger partial charge in [-0.1, -0.05) is 7.05 Å². The van der Waals surface area contributed by atoms with Gasteiger partial charge in [0.25, 0.3) is 0 Å². The van der Waals surface area contributed by atoms with E-state index < -0.39 is 0 Å². The fourth-order valence-electron chi connectivity index (χ4n) is 0.799. The summed E-state index contributed by atoms with van der Waals surface area (Å²) in [4.78, 5) is 2.19. The quantitative estimate of drug-likeness (QED) is 0.341. The minimum absolute atomic E-state index is 0. The van der Waals surface area contributed by atoms with Gasteiger partial charge in [-0.25, -0.2) is 0 Å². The van der Waals surface area contributed by atoms with E-state index in [-0.39, 0.29) is 40.8 Å². The summed E-state index contributed by atoms with van der Waals surface area (Å²) in [6.07, 6.45) is 2.50. The molecule has 0 bridgehead atoms. The van der Waals surface area contributed by atoms with Crippen molar-refractivity contribution in [1.29, 1.82) is 0 Å². The Kier molecular flexibility index (Phi) is 12.4. The monoisotopic (exact) mass is 738 g/mol. The normalized spacial score (nSPS) is 18.6. The van der Waals surface area contributed by atoms with Crippen LogP contribution >= 0.6 is 0 Å². The molecular formula is C6H11NRe2Rf-2. The van der Waals surface area contributed by atoms with E-state index in [2.05, 4.69) is 25.4 Å². The second-order valence-electron chi connectivity index (χ2n) is 2.07. The molecule has 1 rings (SSSR count). The molecule has 0 aromatic heterocycles. The summed E-state index contributed by atoms with van der Waals surface area (Å²) in [6, 6.07) is 1.49. The van der Waals surface area contributed by atoms with Crippen molar-refractivity contribution in [1.82, 2.24) is 4.90 Å².